The molecule has 0 amide bonds. The standard InChI is InChI=1S/C18H21ClN2O2/c1-23-17-7-6-14(12-20-17)13-21-10-8-18(22,9-11-21)15-4-2-3-5-16(15)19/h2-7,12,22H,8-11,13H2,1H3. The molecule has 0 spiro atoms. The fraction of sp³-hybridized carbons (Fsp3) is 0.389. The Hall–Kier alpha value is -1.62. The quantitative estimate of drug-likeness (QED) is 0.933. The molecule has 0 radical (unpaired) electrons. The maximum Gasteiger partial charge on any atom is 0.212 e. The summed E-state index contributed by atoms with van der Waals surface area (Å²) in [6, 6.07) is 11.5. The minimum atomic E-state index is -0.826. The van der Waals surface area contributed by atoms with Crippen molar-refractivity contribution in [1.29, 1.82) is 0 Å². The fourth-order valence-corrected chi connectivity index (χ4v) is 3.38. The van der Waals surface area contributed by atoms with Gasteiger partial charge in [0.25, 0.3) is 0 Å². The molecule has 1 aromatic heterocycles. The number of nitrogens with zero attached hydrogens (tertiary/aromatic N) is 2. The first-order chi connectivity index (χ1) is 11.1. The molecular formula is C18H21ClN2O2. The fourth-order valence-electron chi connectivity index (χ4n) is 3.07. The monoisotopic (exact) mass is 332 g/mol. The van der Waals surface area contributed by atoms with Crippen molar-refractivity contribution in [3.8, 4) is 5.88 Å². The largest absolute Gasteiger partial charge is 0.481 e. The summed E-state index contributed by atoms with van der Waals surface area (Å²) >= 11 is 6.25. The predicted octanol–water partition coefficient (Wildman–Crippen LogP) is 3.23. The average Bonchev–Trinajstić information content (AvgIpc) is 2.58. The lowest BCUT2D eigenvalue weighted by molar-refractivity contribution is -0.0276. The van der Waals surface area contributed by atoms with Crippen molar-refractivity contribution < 1.29 is 9.84 Å². The number of piperidine rings is 1. The first-order valence-electron chi connectivity index (χ1n) is 7.79. The van der Waals surface area contributed by atoms with Crippen molar-refractivity contribution in [3.63, 3.8) is 0 Å². The molecule has 2 aromatic rings. The van der Waals surface area contributed by atoms with E-state index in [-0.39, 0.29) is 0 Å². The normalized spacial score (nSPS) is 17.9. The first-order valence-corrected chi connectivity index (χ1v) is 8.17. The summed E-state index contributed by atoms with van der Waals surface area (Å²) in [6.45, 7) is 2.48. The second-order valence-corrected chi connectivity index (χ2v) is 6.40. The van der Waals surface area contributed by atoms with Gasteiger partial charge >= 0.3 is 0 Å². The maximum atomic E-state index is 10.9. The molecule has 1 saturated heterocycles. The third-order valence-electron chi connectivity index (χ3n) is 4.47. The lowest BCUT2D eigenvalue weighted by atomic mass is 9.84. The summed E-state index contributed by atoms with van der Waals surface area (Å²) in [7, 11) is 1.61. The van der Waals surface area contributed by atoms with Crippen molar-refractivity contribution >= 4 is 11.6 Å². The number of hydrogen-bond donors (Lipinski definition) is 1. The molecule has 4 nitrogen and oxygen atoms in total. The van der Waals surface area contributed by atoms with Gasteiger partial charge in [0.15, 0.2) is 0 Å². The second kappa shape index (κ2) is 6.87. The zero-order valence-electron chi connectivity index (χ0n) is 13.2. The van der Waals surface area contributed by atoms with Gasteiger partial charge in [0.05, 0.1) is 12.7 Å². The van der Waals surface area contributed by atoms with Crippen LogP contribution in [-0.4, -0.2) is 35.2 Å². The molecule has 0 unspecified atom stereocenters. The molecule has 1 fully saturated rings. The second-order valence-electron chi connectivity index (χ2n) is 6.00. The minimum Gasteiger partial charge on any atom is -0.481 e. The van der Waals surface area contributed by atoms with Crippen molar-refractivity contribution in [2.45, 2.75) is 25.0 Å². The number of pyridine rings is 1. The van der Waals surface area contributed by atoms with Gasteiger partial charge in [-0.2, -0.15) is 0 Å². The molecule has 1 aliphatic heterocycles. The summed E-state index contributed by atoms with van der Waals surface area (Å²) < 4.78 is 5.08. The highest BCUT2D eigenvalue weighted by Gasteiger charge is 2.35. The van der Waals surface area contributed by atoms with Gasteiger partial charge in [0.1, 0.15) is 0 Å². The summed E-state index contributed by atoms with van der Waals surface area (Å²) in [5.74, 6) is 0.625. The van der Waals surface area contributed by atoms with E-state index in [1.54, 1.807) is 7.11 Å². The zero-order chi connectivity index (χ0) is 16.3. The molecule has 0 bridgehead atoms. The first kappa shape index (κ1) is 16.2. The van der Waals surface area contributed by atoms with E-state index in [0.29, 0.717) is 23.7 Å². The number of likely N-dealkylation sites (tertiary alicyclic amines) is 1. The van der Waals surface area contributed by atoms with Gasteiger partial charge in [0.2, 0.25) is 5.88 Å². The third kappa shape index (κ3) is 3.66. The Bertz CT molecular complexity index is 652. The molecule has 0 aliphatic carbocycles. The van der Waals surface area contributed by atoms with Crippen LogP contribution in [-0.2, 0) is 12.1 Å². The van der Waals surface area contributed by atoms with E-state index in [0.717, 1.165) is 30.8 Å². The SMILES string of the molecule is COc1ccc(CN2CCC(O)(c3ccccc3Cl)CC2)cn1. The van der Waals surface area contributed by atoms with Crippen molar-refractivity contribution in [2.75, 3.05) is 20.2 Å². The molecule has 23 heavy (non-hydrogen) atoms. The lowest BCUT2D eigenvalue weighted by Crippen LogP contribution is -2.42. The molecular weight excluding hydrogens is 312 g/mol. The van der Waals surface area contributed by atoms with Crippen LogP contribution < -0.4 is 4.74 Å². The smallest absolute Gasteiger partial charge is 0.212 e. The Balaban J connectivity index is 1.62. The Labute approximate surface area is 141 Å². The van der Waals surface area contributed by atoms with Gasteiger partial charge in [-0.15, -0.1) is 0 Å². The highest BCUT2D eigenvalue weighted by atomic mass is 35.5. The van der Waals surface area contributed by atoms with Crippen molar-refractivity contribution in [1.82, 2.24) is 9.88 Å². The number of hydrogen-bond acceptors (Lipinski definition) is 4. The van der Waals surface area contributed by atoms with Crippen LogP contribution in [0.2, 0.25) is 5.02 Å². The van der Waals surface area contributed by atoms with Crippen LogP contribution in [0, 0.1) is 0 Å². The van der Waals surface area contributed by atoms with Gasteiger partial charge in [-0.05, 0) is 24.5 Å². The zero-order valence-corrected chi connectivity index (χ0v) is 14.0. The van der Waals surface area contributed by atoms with Crippen LogP contribution in [0.4, 0.5) is 0 Å². The third-order valence-corrected chi connectivity index (χ3v) is 4.80. The van der Waals surface area contributed by atoms with Crippen LogP contribution in [0.25, 0.3) is 0 Å². The lowest BCUT2D eigenvalue weighted by Gasteiger charge is -2.39. The Morgan fingerprint density at radius 2 is 1.96 bits per heavy atom. The molecule has 0 saturated carbocycles. The van der Waals surface area contributed by atoms with Crippen LogP contribution in [0.3, 0.4) is 0 Å². The van der Waals surface area contributed by atoms with E-state index < -0.39 is 5.60 Å². The van der Waals surface area contributed by atoms with Crippen LogP contribution in [0.15, 0.2) is 42.6 Å². The molecule has 0 atom stereocenters. The van der Waals surface area contributed by atoms with E-state index >= 15 is 0 Å². The van der Waals surface area contributed by atoms with E-state index in [1.807, 2.05) is 42.6 Å². The molecule has 3 rings (SSSR count). The topological polar surface area (TPSA) is 45.6 Å². The summed E-state index contributed by atoms with van der Waals surface area (Å²) in [6.07, 6.45) is 3.20. The van der Waals surface area contributed by atoms with Gasteiger partial charge in [-0.25, -0.2) is 4.98 Å². The molecule has 122 valence electrons. The summed E-state index contributed by atoms with van der Waals surface area (Å²) in [5.41, 5.74) is 1.16. The van der Waals surface area contributed by atoms with Gasteiger partial charge in [0, 0.05) is 42.5 Å². The van der Waals surface area contributed by atoms with E-state index in [4.69, 9.17) is 16.3 Å². The minimum absolute atomic E-state index is 0.625. The highest BCUT2D eigenvalue weighted by Crippen LogP contribution is 2.36. The summed E-state index contributed by atoms with van der Waals surface area (Å²) in [4.78, 5) is 6.56. The average molecular weight is 333 g/mol. The van der Waals surface area contributed by atoms with Crippen LogP contribution in [0.1, 0.15) is 24.0 Å². The van der Waals surface area contributed by atoms with E-state index in [2.05, 4.69) is 9.88 Å². The van der Waals surface area contributed by atoms with Gasteiger partial charge < -0.3 is 9.84 Å². The number of benzene rings is 1. The molecule has 1 aliphatic rings. The van der Waals surface area contributed by atoms with Crippen molar-refractivity contribution in [2.24, 2.45) is 0 Å². The van der Waals surface area contributed by atoms with Crippen molar-refractivity contribution in [3.05, 3.63) is 58.7 Å². The molecule has 1 aromatic carbocycles. The number of aliphatic hydroxyl groups is 1. The maximum absolute atomic E-state index is 10.9. The van der Waals surface area contributed by atoms with E-state index in [9.17, 15) is 5.11 Å². The van der Waals surface area contributed by atoms with E-state index in [1.165, 1.54) is 0 Å². The van der Waals surface area contributed by atoms with Gasteiger partial charge in [-0.1, -0.05) is 35.9 Å². The predicted molar refractivity (Wildman–Crippen MR) is 90.6 cm³/mol. The Morgan fingerprint density at radius 1 is 1.22 bits per heavy atom. The summed E-state index contributed by atoms with van der Waals surface area (Å²) in [5, 5.41) is 11.6. The number of ether oxygens (including phenoxy) is 1. The Kier molecular flexibility index (Phi) is 4.85. The van der Waals surface area contributed by atoms with Crippen LogP contribution >= 0.6 is 11.6 Å². The number of methoxy groups -OCH3 is 1. The molecule has 2 heterocycles. The number of rotatable bonds is 4. The van der Waals surface area contributed by atoms with Gasteiger partial charge in [-0.3, -0.25) is 4.90 Å². The Morgan fingerprint density at radius 3 is 2.57 bits per heavy atom. The number of halogens is 1. The highest BCUT2D eigenvalue weighted by molar-refractivity contribution is 6.31. The van der Waals surface area contributed by atoms with Crippen LogP contribution in [0.5, 0.6) is 5.88 Å². The number of aromatic nitrogens is 1. The molecule has 5 heteroatoms. The molecule has 1 N–H and O–H groups in total.